The largest absolute Gasteiger partial charge is 0.493 e. The Labute approximate surface area is 157 Å². The molecular weight excluding hydrogens is 356 g/mol. The molecule has 2 aromatic carbocycles. The molecule has 0 aliphatic rings. The molecule has 0 saturated carbocycles. The standard InChI is InChI=1S/C19H21ClN2O4/c1-25-16-8-7-13(11-17(16)26-2)19(24)21-10-9-18(23)22-12-14-5-3-4-6-15(14)20/h3-8,11H,9-10,12H2,1-2H3,(H,21,24)(H,22,23). The summed E-state index contributed by atoms with van der Waals surface area (Å²) in [4.78, 5) is 24.0. The first-order valence-corrected chi connectivity index (χ1v) is 8.43. The van der Waals surface area contributed by atoms with E-state index in [1.165, 1.54) is 14.2 Å². The van der Waals surface area contributed by atoms with Gasteiger partial charge in [-0.1, -0.05) is 29.8 Å². The van der Waals surface area contributed by atoms with Crippen molar-refractivity contribution < 1.29 is 19.1 Å². The van der Waals surface area contributed by atoms with E-state index < -0.39 is 0 Å². The number of carbonyl (C=O) groups excluding carboxylic acids is 2. The predicted octanol–water partition coefficient (Wildman–Crippen LogP) is 2.79. The summed E-state index contributed by atoms with van der Waals surface area (Å²) >= 11 is 6.04. The molecule has 0 aromatic heterocycles. The van der Waals surface area contributed by atoms with E-state index in [2.05, 4.69) is 10.6 Å². The minimum atomic E-state index is -0.287. The van der Waals surface area contributed by atoms with Crippen molar-refractivity contribution in [1.29, 1.82) is 0 Å². The van der Waals surface area contributed by atoms with Crippen LogP contribution in [0, 0.1) is 0 Å². The van der Waals surface area contributed by atoms with Gasteiger partial charge in [0.15, 0.2) is 11.5 Å². The Balaban J connectivity index is 1.79. The molecule has 0 aliphatic heterocycles. The molecule has 26 heavy (non-hydrogen) atoms. The molecule has 0 atom stereocenters. The minimum Gasteiger partial charge on any atom is -0.493 e. The van der Waals surface area contributed by atoms with Gasteiger partial charge in [0, 0.05) is 30.1 Å². The van der Waals surface area contributed by atoms with Gasteiger partial charge in [-0.15, -0.1) is 0 Å². The van der Waals surface area contributed by atoms with E-state index in [0.717, 1.165) is 5.56 Å². The molecule has 7 heteroatoms. The topological polar surface area (TPSA) is 76.7 Å². The highest BCUT2D eigenvalue weighted by Crippen LogP contribution is 2.27. The zero-order chi connectivity index (χ0) is 18.9. The molecule has 0 spiro atoms. The lowest BCUT2D eigenvalue weighted by atomic mass is 10.2. The van der Waals surface area contributed by atoms with Gasteiger partial charge in [-0.25, -0.2) is 0 Å². The van der Waals surface area contributed by atoms with Crippen LogP contribution in [0.15, 0.2) is 42.5 Å². The summed E-state index contributed by atoms with van der Waals surface area (Å²) in [6.07, 6.45) is 0.170. The Morgan fingerprint density at radius 2 is 1.73 bits per heavy atom. The number of hydrogen-bond acceptors (Lipinski definition) is 4. The van der Waals surface area contributed by atoms with Gasteiger partial charge in [0.2, 0.25) is 5.91 Å². The zero-order valence-electron chi connectivity index (χ0n) is 14.7. The second-order valence-corrected chi connectivity index (χ2v) is 5.85. The van der Waals surface area contributed by atoms with Gasteiger partial charge in [-0.3, -0.25) is 9.59 Å². The summed E-state index contributed by atoms with van der Waals surface area (Å²) in [7, 11) is 3.03. The maximum atomic E-state index is 12.2. The first-order valence-electron chi connectivity index (χ1n) is 8.05. The molecule has 0 bridgehead atoms. The normalized spacial score (nSPS) is 10.1. The second kappa shape index (κ2) is 9.68. The molecule has 2 N–H and O–H groups in total. The van der Waals surface area contributed by atoms with Crippen LogP contribution >= 0.6 is 11.6 Å². The first-order chi connectivity index (χ1) is 12.5. The summed E-state index contributed by atoms with van der Waals surface area (Å²) in [6.45, 7) is 0.573. The molecule has 0 radical (unpaired) electrons. The molecule has 6 nitrogen and oxygen atoms in total. The molecule has 2 amide bonds. The average Bonchev–Trinajstić information content (AvgIpc) is 2.66. The number of methoxy groups -OCH3 is 2. The minimum absolute atomic E-state index is 0.169. The Hall–Kier alpha value is -2.73. The van der Waals surface area contributed by atoms with Crippen LogP contribution in [0.25, 0.3) is 0 Å². The van der Waals surface area contributed by atoms with Crippen LogP contribution in [0.1, 0.15) is 22.3 Å². The maximum absolute atomic E-state index is 12.2. The number of amides is 2. The Morgan fingerprint density at radius 3 is 2.42 bits per heavy atom. The highest BCUT2D eigenvalue weighted by Gasteiger charge is 2.11. The van der Waals surface area contributed by atoms with E-state index in [1.807, 2.05) is 18.2 Å². The molecule has 2 aromatic rings. The van der Waals surface area contributed by atoms with Crippen LogP contribution in [0.4, 0.5) is 0 Å². The number of rotatable bonds is 8. The summed E-state index contributed by atoms with van der Waals surface area (Å²) in [5.41, 5.74) is 1.27. The second-order valence-electron chi connectivity index (χ2n) is 5.44. The van der Waals surface area contributed by atoms with Gasteiger partial charge in [-0.05, 0) is 29.8 Å². The zero-order valence-corrected chi connectivity index (χ0v) is 15.4. The number of ether oxygens (including phenoxy) is 2. The van der Waals surface area contributed by atoms with Crippen molar-refractivity contribution in [3.05, 3.63) is 58.6 Å². The van der Waals surface area contributed by atoms with Crippen molar-refractivity contribution >= 4 is 23.4 Å². The van der Waals surface area contributed by atoms with Gasteiger partial charge in [0.1, 0.15) is 0 Å². The SMILES string of the molecule is COc1ccc(C(=O)NCCC(=O)NCc2ccccc2Cl)cc1OC. The number of halogens is 1. The highest BCUT2D eigenvalue weighted by atomic mass is 35.5. The van der Waals surface area contributed by atoms with Crippen LogP contribution in [0.5, 0.6) is 11.5 Å². The van der Waals surface area contributed by atoms with E-state index in [0.29, 0.717) is 28.6 Å². The molecule has 0 fully saturated rings. The fourth-order valence-electron chi connectivity index (χ4n) is 2.29. The number of benzene rings is 2. The van der Waals surface area contributed by atoms with Crippen molar-refractivity contribution in [2.45, 2.75) is 13.0 Å². The van der Waals surface area contributed by atoms with E-state index >= 15 is 0 Å². The van der Waals surface area contributed by atoms with Gasteiger partial charge >= 0.3 is 0 Å². The monoisotopic (exact) mass is 376 g/mol. The van der Waals surface area contributed by atoms with Gasteiger partial charge in [0.05, 0.1) is 14.2 Å². The highest BCUT2D eigenvalue weighted by molar-refractivity contribution is 6.31. The smallest absolute Gasteiger partial charge is 0.251 e. The van der Waals surface area contributed by atoms with E-state index in [4.69, 9.17) is 21.1 Å². The van der Waals surface area contributed by atoms with Crippen LogP contribution < -0.4 is 20.1 Å². The molecule has 138 valence electrons. The number of hydrogen-bond donors (Lipinski definition) is 2. The van der Waals surface area contributed by atoms with E-state index in [1.54, 1.807) is 24.3 Å². The Morgan fingerprint density at radius 1 is 1.00 bits per heavy atom. The van der Waals surface area contributed by atoms with E-state index in [-0.39, 0.29) is 24.8 Å². The van der Waals surface area contributed by atoms with Crippen molar-refractivity contribution in [2.24, 2.45) is 0 Å². The number of nitrogens with one attached hydrogen (secondary N) is 2. The van der Waals surface area contributed by atoms with Crippen LogP contribution in [0.2, 0.25) is 5.02 Å². The lowest BCUT2D eigenvalue weighted by molar-refractivity contribution is -0.121. The lowest BCUT2D eigenvalue weighted by Gasteiger charge is -2.10. The van der Waals surface area contributed by atoms with Crippen LogP contribution in [0.3, 0.4) is 0 Å². The lowest BCUT2D eigenvalue weighted by Crippen LogP contribution is -2.30. The molecule has 0 aliphatic carbocycles. The summed E-state index contributed by atoms with van der Waals surface area (Å²) in [6, 6.07) is 12.2. The fraction of sp³-hybridized carbons (Fsp3) is 0.263. The van der Waals surface area contributed by atoms with Crippen molar-refractivity contribution in [3.63, 3.8) is 0 Å². The van der Waals surface area contributed by atoms with Gasteiger partial charge < -0.3 is 20.1 Å². The van der Waals surface area contributed by atoms with Gasteiger partial charge in [0.25, 0.3) is 5.91 Å². The quantitative estimate of drug-likeness (QED) is 0.742. The van der Waals surface area contributed by atoms with Crippen molar-refractivity contribution in [2.75, 3.05) is 20.8 Å². The Bertz CT molecular complexity index is 780. The van der Waals surface area contributed by atoms with Crippen LogP contribution in [-0.4, -0.2) is 32.6 Å². The molecular formula is C19H21ClN2O4. The third kappa shape index (κ3) is 5.39. The third-order valence-corrected chi connectivity index (χ3v) is 4.09. The predicted molar refractivity (Wildman–Crippen MR) is 99.8 cm³/mol. The molecule has 2 rings (SSSR count). The first kappa shape index (κ1) is 19.6. The molecule has 0 unspecified atom stereocenters. The Kier molecular flexibility index (Phi) is 7.29. The van der Waals surface area contributed by atoms with Gasteiger partial charge in [-0.2, -0.15) is 0 Å². The molecule has 0 heterocycles. The van der Waals surface area contributed by atoms with Crippen LogP contribution in [-0.2, 0) is 11.3 Å². The van der Waals surface area contributed by atoms with E-state index in [9.17, 15) is 9.59 Å². The third-order valence-electron chi connectivity index (χ3n) is 3.72. The summed E-state index contributed by atoms with van der Waals surface area (Å²) in [5, 5.41) is 6.09. The molecule has 0 saturated heterocycles. The number of carbonyl (C=O) groups is 2. The fourth-order valence-corrected chi connectivity index (χ4v) is 2.50. The summed E-state index contributed by atoms with van der Waals surface area (Å²) < 4.78 is 10.3. The van der Waals surface area contributed by atoms with Crippen molar-refractivity contribution in [1.82, 2.24) is 10.6 Å². The summed E-state index contributed by atoms with van der Waals surface area (Å²) in [5.74, 6) is 0.558. The average molecular weight is 377 g/mol. The maximum Gasteiger partial charge on any atom is 0.251 e. The van der Waals surface area contributed by atoms with Crippen molar-refractivity contribution in [3.8, 4) is 11.5 Å².